The van der Waals surface area contributed by atoms with Crippen molar-refractivity contribution in [2.45, 2.75) is 164 Å². The molecule has 0 saturated carbocycles. The highest BCUT2D eigenvalue weighted by Gasteiger charge is 2.32. The van der Waals surface area contributed by atoms with Crippen LogP contribution >= 0.6 is 0 Å². The summed E-state index contributed by atoms with van der Waals surface area (Å²) in [6.45, 7) is 16.2. The number of likely N-dealkylation sites (N-methyl/N-ethyl adjacent to an activating group) is 1. The number of alkyl carbamates (subject to hydrolysis) is 3. The van der Waals surface area contributed by atoms with Gasteiger partial charge in [0.05, 0.1) is 18.9 Å². The highest BCUT2D eigenvalue weighted by atomic mass is 16.6. The van der Waals surface area contributed by atoms with E-state index in [1.165, 1.54) is 23.9 Å². The van der Waals surface area contributed by atoms with E-state index < -0.39 is 89.4 Å². The number of amides is 8. The number of nitrogens with one attached hydrogen (secondary N) is 6. The number of aryl methyl sites for hydroxylation is 2. The molecule has 2 rings (SSSR count). The van der Waals surface area contributed by atoms with Crippen LogP contribution in [-0.4, -0.2) is 176 Å². The predicted molar refractivity (Wildman–Crippen MR) is 316 cm³/mol. The maximum atomic E-state index is 13.6. The summed E-state index contributed by atoms with van der Waals surface area (Å²) in [7, 11) is 3.00. The zero-order valence-electron chi connectivity index (χ0n) is 47.5. The van der Waals surface area contributed by atoms with Crippen LogP contribution in [0.4, 0.5) is 14.4 Å². The van der Waals surface area contributed by atoms with Crippen molar-refractivity contribution >= 4 is 53.8 Å². The molecule has 0 aliphatic rings. The molecule has 15 N–H and O–H groups in total. The fraction of sp³-hybridized carbons (Fsp3) is 0.625. The SMILES string of the molecule is C.C.C.CC(C)(C)OC(=O)NCCN(CCNC(=O)OC(C)(C)C)C(=O)CC(NC(=O)OC(C)(C)C)C(=O)N[C@@H](CCc1ccccc1)C(=O)O.CN.CNC(=O)[C@H](CCc1ccccc1)NC(=O)C(N)CC(=O)N(CCN)CCN. The number of nitrogens with zero attached hydrogens (tertiary/aromatic N) is 2. The van der Waals surface area contributed by atoms with Crippen LogP contribution in [0.25, 0.3) is 0 Å². The lowest BCUT2D eigenvalue weighted by Gasteiger charge is -2.28. The molecule has 0 spiro atoms. The van der Waals surface area contributed by atoms with Gasteiger partial charge in [-0.2, -0.15) is 0 Å². The van der Waals surface area contributed by atoms with Gasteiger partial charge in [0.1, 0.15) is 34.9 Å². The van der Waals surface area contributed by atoms with Gasteiger partial charge in [-0.1, -0.05) is 82.9 Å². The molecule has 4 atom stereocenters. The molecule has 0 aromatic heterocycles. The third-order valence-electron chi connectivity index (χ3n) is 10.3. The van der Waals surface area contributed by atoms with Gasteiger partial charge in [0.2, 0.25) is 29.5 Å². The molecular weight excluding hydrogens is 1050 g/mol. The van der Waals surface area contributed by atoms with Gasteiger partial charge in [0, 0.05) is 59.4 Å². The van der Waals surface area contributed by atoms with Crippen molar-refractivity contribution in [3.05, 3.63) is 71.8 Å². The first-order chi connectivity index (χ1) is 36.5. The molecule has 0 aliphatic carbocycles. The molecule has 8 amide bonds. The summed E-state index contributed by atoms with van der Waals surface area (Å²) in [6, 6.07) is 14.1. The van der Waals surface area contributed by atoms with Gasteiger partial charge in [-0.15, -0.1) is 0 Å². The van der Waals surface area contributed by atoms with Crippen molar-refractivity contribution in [1.29, 1.82) is 0 Å². The second-order valence-corrected chi connectivity index (χ2v) is 20.5. The Kier molecular flexibility index (Phi) is 41.5. The number of ether oxygens (including phenoxy) is 3. The monoisotopic (exact) mass is 1150 g/mol. The Morgan fingerprint density at radius 2 is 0.889 bits per heavy atom. The van der Waals surface area contributed by atoms with E-state index in [0.717, 1.165) is 11.1 Å². The van der Waals surface area contributed by atoms with E-state index >= 15 is 0 Å². The lowest BCUT2D eigenvalue weighted by Crippen LogP contribution is -2.54. The summed E-state index contributed by atoms with van der Waals surface area (Å²) in [6.07, 6.45) is -1.73. The topological polar surface area (TPSA) is 384 Å². The number of hydrogen-bond donors (Lipinski definition) is 11. The molecular formula is C56H102N12O13. The van der Waals surface area contributed by atoms with Crippen molar-refractivity contribution in [2.24, 2.45) is 22.9 Å². The molecule has 0 radical (unpaired) electrons. The Morgan fingerprint density at radius 1 is 0.519 bits per heavy atom. The van der Waals surface area contributed by atoms with Gasteiger partial charge in [0.25, 0.3) is 0 Å². The second kappa shape index (κ2) is 41.9. The summed E-state index contributed by atoms with van der Waals surface area (Å²) >= 11 is 0. The molecule has 0 heterocycles. The molecule has 25 nitrogen and oxygen atoms in total. The van der Waals surface area contributed by atoms with Crippen LogP contribution in [0.15, 0.2) is 60.7 Å². The molecule has 0 fully saturated rings. The predicted octanol–water partition coefficient (Wildman–Crippen LogP) is 3.15. The summed E-state index contributed by atoms with van der Waals surface area (Å²) in [5.41, 5.74) is 20.9. The molecule has 464 valence electrons. The smallest absolute Gasteiger partial charge is 0.408 e. The van der Waals surface area contributed by atoms with Crippen LogP contribution < -0.4 is 54.8 Å². The van der Waals surface area contributed by atoms with Gasteiger partial charge >= 0.3 is 24.2 Å². The minimum atomic E-state index is -1.52. The van der Waals surface area contributed by atoms with Crippen LogP contribution in [0.3, 0.4) is 0 Å². The van der Waals surface area contributed by atoms with Crippen molar-refractivity contribution in [3.8, 4) is 0 Å². The Morgan fingerprint density at radius 3 is 1.27 bits per heavy atom. The Bertz CT molecular complexity index is 2110. The third kappa shape index (κ3) is 38.2. The van der Waals surface area contributed by atoms with Gasteiger partial charge in [-0.25, -0.2) is 19.2 Å². The first kappa shape index (κ1) is 80.4. The van der Waals surface area contributed by atoms with Crippen LogP contribution in [-0.2, 0) is 55.8 Å². The molecule has 2 aromatic carbocycles. The standard InChI is InChI=1S/C33H53N5O10.C19H32N6O3.CH5N.3CH4/c1-31(2,3)46-28(43)34-17-19-38(20-18-35-29(44)47-32(4,5)6)25(39)21-24(37-30(45)48-33(7,8)9)26(40)36-23(27(41)42)16-15-22-13-11-10-12-14-22;1-23-19(28)16(8-7-14-5-3-2-4-6-14)24-18(27)15(22)13-17(26)25(11-9-20)12-10-21;1-2;;;/h10-14,23-24H,15-21H2,1-9H3,(H,34,43)(H,35,44)(H,36,40)(H,37,45)(H,41,42);2-6,15-16H,7-13,20-22H2,1H3,(H,23,28)(H,24,27);2H2,1H3;3*1H4/t23-,24?;15?,16-;;;;/m00..../s1. The number of benzene rings is 2. The molecule has 25 heteroatoms. The van der Waals surface area contributed by atoms with E-state index in [1.807, 2.05) is 60.7 Å². The van der Waals surface area contributed by atoms with Crippen molar-refractivity contribution in [3.63, 3.8) is 0 Å². The zero-order valence-corrected chi connectivity index (χ0v) is 47.5. The Balaban J connectivity index is -0.000000768. The summed E-state index contributed by atoms with van der Waals surface area (Å²) in [5, 5.41) is 24.9. The number of rotatable bonds is 27. The lowest BCUT2D eigenvalue weighted by atomic mass is 10.0. The first-order valence-corrected chi connectivity index (χ1v) is 25.8. The summed E-state index contributed by atoms with van der Waals surface area (Å²) in [4.78, 5) is 116. The number of carboxylic acids is 1. The summed E-state index contributed by atoms with van der Waals surface area (Å²) < 4.78 is 15.8. The number of hydrogen-bond acceptors (Lipinski definition) is 16. The normalized spacial score (nSPS) is 12.1. The maximum absolute atomic E-state index is 13.6. The van der Waals surface area contributed by atoms with E-state index in [2.05, 4.69) is 37.6 Å². The first-order valence-electron chi connectivity index (χ1n) is 25.8. The van der Waals surface area contributed by atoms with Crippen LogP contribution in [0.2, 0.25) is 0 Å². The molecule has 2 aromatic rings. The van der Waals surface area contributed by atoms with Crippen molar-refractivity contribution < 1.29 is 62.5 Å². The zero-order chi connectivity index (χ0) is 59.6. The minimum absolute atomic E-state index is 0. The van der Waals surface area contributed by atoms with Gasteiger partial charge < -0.3 is 84.0 Å². The van der Waals surface area contributed by atoms with Crippen LogP contribution in [0.1, 0.15) is 121 Å². The molecule has 0 saturated heterocycles. The number of aliphatic carboxylic acids is 1. The average molecular weight is 1150 g/mol. The summed E-state index contributed by atoms with van der Waals surface area (Å²) in [5.74, 6) is -3.98. The highest BCUT2D eigenvalue weighted by molar-refractivity contribution is 5.94. The molecule has 2 unspecified atom stereocenters. The number of carbonyl (C=O) groups excluding carboxylic acids is 8. The largest absolute Gasteiger partial charge is 0.480 e. The van der Waals surface area contributed by atoms with Crippen LogP contribution in [0.5, 0.6) is 0 Å². The molecule has 0 aliphatic heterocycles. The number of carboxylic acid groups (broad SMARTS) is 1. The lowest BCUT2D eigenvalue weighted by molar-refractivity contribution is -0.142. The van der Waals surface area contributed by atoms with E-state index in [9.17, 15) is 48.3 Å². The molecule has 0 bridgehead atoms. The Labute approximate surface area is 481 Å². The third-order valence-corrected chi connectivity index (χ3v) is 10.3. The number of nitrogens with two attached hydrogens (primary N) is 4. The fourth-order valence-corrected chi connectivity index (χ4v) is 6.78. The maximum Gasteiger partial charge on any atom is 0.408 e. The quantitative estimate of drug-likeness (QED) is 0.0572. The van der Waals surface area contributed by atoms with E-state index in [1.54, 1.807) is 62.3 Å². The highest BCUT2D eigenvalue weighted by Crippen LogP contribution is 2.12. The van der Waals surface area contributed by atoms with Gasteiger partial charge in [0.15, 0.2) is 0 Å². The minimum Gasteiger partial charge on any atom is -0.480 e. The van der Waals surface area contributed by atoms with Crippen molar-refractivity contribution in [1.82, 2.24) is 41.7 Å². The van der Waals surface area contributed by atoms with E-state index in [0.29, 0.717) is 45.4 Å². The van der Waals surface area contributed by atoms with Gasteiger partial charge in [-0.3, -0.25) is 24.0 Å². The van der Waals surface area contributed by atoms with Crippen LogP contribution in [0, 0.1) is 0 Å². The average Bonchev–Trinajstić information content (AvgIpc) is 3.34. The van der Waals surface area contributed by atoms with E-state index in [-0.39, 0.29) is 73.1 Å². The number of carbonyl (C=O) groups is 9. The Hall–Kier alpha value is -7.09. The molecule has 81 heavy (non-hydrogen) atoms. The second-order valence-electron chi connectivity index (χ2n) is 20.5. The van der Waals surface area contributed by atoms with Gasteiger partial charge in [-0.05, 0) is 106 Å². The fourth-order valence-electron chi connectivity index (χ4n) is 6.78. The van der Waals surface area contributed by atoms with E-state index in [4.69, 9.17) is 31.4 Å². The van der Waals surface area contributed by atoms with Crippen molar-refractivity contribution in [2.75, 3.05) is 66.5 Å².